The number of nitrogens with one attached hydrogen (secondary N) is 2. The van der Waals surface area contributed by atoms with Gasteiger partial charge in [0.05, 0.1) is 20.9 Å². The number of imide groups is 2. The fourth-order valence-electron chi connectivity index (χ4n) is 17.1. The van der Waals surface area contributed by atoms with E-state index in [0.717, 1.165) is 82.1 Å². The van der Waals surface area contributed by atoms with Gasteiger partial charge in [-0.1, -0.05) is 203 Å². The molecule has 15 rings (SSSR count). The summed E-state index contributed by atoms with van der Waals surface area (Å²) in [7, 11) is -9.88. The fourth-order valence-corrected chi connectivity index (χ4v) is 19.2. The molecule has 5 fully saturated rings. The first-order valence-corrected chi connectivity index (χ1v) is 54.8. The number of ketones is 5. The van der Waals surface area contributed by atoms with Crippen LogP contribution in [0.4, 0.5) is 9.59 Å². The molecule has 4 atom stereocenters. The maximum absolute atomic E-state index is 13.1. The molecule has 2 saturated heterocycles. The van der Waals surface area contributed by atoms with E-state index >= 15 is 0 Å². The number of rotatable bonds is 35. The van der Waals surface area contributed by atoms with Crippen molar-refractivity contribution in [2.45, 2.75) is 238 Å². The average molecular weight is 2170 g/mol. The van der Waals surface area contributed by atoms with Gasteiger partial charge < -0.3 is 50.8 Å². The minimum absolute atomic E-state index is 0. The number of nitrogens with zero attached hydrogens (tertiary/aromatic N) is 7. The monoisotopic (exact) mass is 2160 g/mol. The summed E-state index contributed by atoms with van der Waals surface area (Å²) in [5.41, 5.74) is 2.24. The second-order valence-corrected chi connectivity index (χ2v) is 44.5. The van der Waals surface area contributed by atoms with E-state index in [1.165, 1.54) is 110 Å². The van der Waals surface area contributed by atoms with Gasteiger partial charge >= 0.3 is 18.1 Å². The Bertz CT molecular complexity index is 6010. The van der Waals surface area contributed by atoms with E-state index in [0.29, 0.717) is 123 Å². The van der Waals surface area contributed by atoms with Crippen LogP contribution in [-0.2, 0) is 92.6 Å². The second kappa shape index (κ2) is 57.3. The summed E-state index contributed by atoms with van der Waals surface area (Å²) in [6.07, 6.45) is 33.0. The van der Waals surface area contributed by atoms with Crippen LogP contribution in [0.3, 0.4) is 0 Å². The maximum atomic E-state index is 13.1. The second-order valence-electron chi connectivity index (χ2n) is 38.0. The van der Waals surface area contributed by atoms with Crippen molar-refractivity contribution in [2.75, 3.05) is 18.8 Å². The van der Waals surface area contributed by atoms with Crippen LogP contribution in [0.2, 0.25) is 5.02 Å². The Morgan fingerprint density at radius 2 is 0.735 bits per heavy atom. The summed E-state index contributed by atoms with van der Waals surface area (Å²) in [4.78, 5) is 147. The third kappa shape index (κ3) is 37.2. The Morgan fingerprint density at radius 3 is 1.07 bits per heavy atom. The summed E-state index contributed by atoms with van der Waals surface area (Å²) in [5, 5.41) is 6.31. The van der Waals surface area contributed by atoms with Crippen molar-refractivity contribution >= 4 is 100 Å². The van der Waals surface area contributed by atoms with Crippen LogP contribution in [0.1, 0.15) is 229 Å². The molecule has 5 aliphatic rings. The van der Waals surface area contributed by atoms with Crippen LogP contribution in [0.15, 0.2) is 228 Å². The van der Waals surface area contributed by atoms with Crippen LogP contribution >= 0.6 is 11.6 Å². The predicted molar refractivity (Wildman–Crippen MR) is 557 cm³/mol. The molecule has 2 aliphatic heterocycles. The number of aldehydes is 1. The Hall–Kier alpha value is -12.3. The molecule has 36 heteroatoms. The van der Waals surface area contributed by atoms with Crippen LogP contribution < -0.4 is 39.1 Å². The van der Waals surface area contributed by atoms with E-state index in [-0.39, 0.29) is 143 Å². The molecule has 5 heterocycles. The molecule has 6 amide bonds. The van der Waals surface area contributed by atoms with E-state index in [1.54, 1.807) is 160 Å². The number of hydrogen-bond donors (Lipinski definition) is 2. The molecule has 31 nitrogen and oxygen atoms in total. The number of benzene rings is 7. The van der Waals surface area contributed by atoms with Gasteiger partial charge in [-0.25, -0.2) is 54.8 Å². The topological polar surface area (TPSA) is 423 Å². The van der Waals surface area contributed by atoms with Crippen molar-refractivity contribution < 1.29 is 134 Å². The molecule has 783 valence electrons. The van der Waals surface area contributed by atoms with E-state index < -0.39 is 59.7 Å². The number of hydrogen-bond acceptors (Lipinski definition) is 27. The molecule has 0 bridgehead atoms. The summed E-state index contributed by atoms with van der Waals surface area (Å²) in [6.45, 7) is 21.1. The third-order valence-corrected chi connectivity index (χ3v) is 28.3. The minimum Gasteiger partial charge on any atom is -0.457 e. The maximum Gasteiger partial charge on any atom is 0.325 e. The standard InChI is InChI=1S/C22H29ClN2O3.C22H36N2O3.C22H21NO5S.2C21H20N2O5S.C2H3O.CH4.Y/c1-14(2)20(26)19(13-15-6-4-3-5-7-15)25-21(27)18(24-22(25)28)12-16-8-10-17(23)11-9-16;1-15(2)20(25)19(14-17-11-7-4-8-12-17)24-21(26)18(23-22(24)27)13-16-9-5-3-6-10-16;1-15(2)22(24)16-12-18(14-19(13-16)28-21-6-4-5-11-23-21)27-17-7-9-20(10-8-17)29(3,25)26;1-14(2)20(24)15-11-17(13-18(12-15)28-21-22-9-4-10-23-21)27-16-5-7-19(8-6-16)29(3,25)26;1-14(2)21(24)15-10-17(12-18(11-15)28-20-13-22-8-9-23-20)27-16-4-6-19(7-5-16)29(3,25)26;1-2-3;;/h8-11,14-15,18-19H,3-7,12-13H2,1-2H3,(H,24,28);15-19H,3-14H2,1-2H3,(H,23,27);4-15H,1-3H3;2*4-14H,1-3H3;2H,1H2;1H4;/q;;;;;-1;;/t2*18-,19-;;;;;;/m00....../s1. The van der Waals surface area contributed by atoms with Gasteiger partial charge in [-0.15, -0.1) is 0 Å². The van der Waals surface area contributed by atoms with E-state index in [4.69, 9.17) is 44.8 Å². The number of halogens is 1. The summed E-state index contributed by atoms with van der Waals surface area (Å²) in [6, 6.07) is 44.0. The SMILES string of the molecule is C.CC(C)C(=O)[C@H](CC1CCCCC1)N1C(=O)N[C@@H](CC2CCCCC2)C1=O.CC(C)C(=O)[C@H](CC1CCCCC1)N1C(=O)N[C@@H](Cc2ccc(Cl)cc2)C1=O.CC(C)C(=O)c1cc(Oc2ccc(S(C)(=O)=O)cc2)cc(Oc2ccccn2)c1.CC(C)C(=O)c1cc(Oc2ccc(S(C)(=O)=O)cc2)cc(Oc2cnccn2)c1.CC(C)C(=O)c1cc(Oc2ccc(S(C)(=O)=O)cc2)cc(Oc2ncccn2)c1.[CH2-]C=O.[Y]. The van der Waals surface area contributed by atoms with Gasteiger partial charge in [0.2, 0.25) is 11.8 Å². The van der Waals surface area contributed by atoms with Crippen molar-refractivity contribution in [1.82, 2.24) is 45.4 Å². The first-order chi connectivity index (χ1) is 68.9. The average Bonchev–Trinajstić information content (AvgIpc) is 1.65. The normalized spacial score (nSPS) is 15.8. The Morgan fingerprint density at radius 1 is 0.401 bits per heavy atom. The largest absolute Gasteiger partial charge is 0.457 e. The Labute approximate surface area is 893 Å². The Balaban J connectivity index is 0.000000222. The number of carbonyl (C=O) groups excluding carboxylic acids is 10. The van der Waals surface area contributed by atoms with E-state index in [9.17, 15) is 68.4 Å². The smallest absolute Gasteiger partial charge is 0.325 e. The zero-order chi connectivity index (χ0) is 105. The zero-order valence-electron chi connectivity index (χ0n) is 84.6. The summed E-state index contributed by atoms with van der Waals surface area (Å²) in [5.74, 6) is 3.99. The van der Waals surface area contributed by atoms with Crippen LogP contribution in [0, 0.1) is 54.3 Å². The number of sulfone groups is 3. The first kappa shape index (κ1) is 120. The number of aromatic nitrogens is 5. The molecule has 10 aromatic rings. The Kier molecular flexibility index (Phi) is 46.7. The molecule has 3 aliphatic carbocycles. The molecule has 1 radical (unpaired) electrons. The first-order valence-electron chi connectivity index (χ1n) is 48.7. The van der Waals surface area contributed by atoms with Crippen molar-refractivity contribution in [3.8, 4) is 69.5 Å². The number of amides is 6. The predicted octanol–water partition coefficient (Wildman–Crippen LogP) is 23.0. The number of Topliss-reactive ketones (excluding diaryl/α,β-unsaturated/α-hetero) is 5. The molecule has 3 aromatic heterocycles. The number of ether oxygens (including phenoxy) is 6. The number of carbonyl (C=O) groups is 10. The number of urea groups is 2. The number of pyridine rings is 1. The molecule has 7 aromatic carbocycles. The third-order valence-electron chi connectivity index (χ3n) is 24.6. The van der Waals surface area contributed by atoms with Crippen LogP contribution in [-0.4, -0.2) is 162 Å². The quantitative estimate of drug-likeness (QED) is 0.0161. The van der Waals surface area contributed by atoms with Gasteiger partial charge in [0, 0.05) is 164 Å². The molecule has 0 unspecified atom stereocenters. The van der Waals surface area contributed by atoms with Gasteiger partial charge in [-0.05, 0) is 182 Å². The molecule has 2 N–H and O–H groups in total. The molecule has 3 saturated carbocycles. The van der Waals surface area contributed by atoms with E-state index in [2.05, 4.69) is 42.5 Å². The zero-order valence-corrected chi connectivity index (χ0v) is 90.7. The van der Waals surface area contributed by atoms with Crippen molar-refractivity contribution in [3.05, 3.63) is 247 Å². The van der Waals surface area contributed by atoms with E-state index in [1.807, 2.05) is 67.5 Å². The van der Waals surface area contributed by atoms with Gasteiger partial charge in [0.25, 0.3) is 11.8 Å². The van der Waals surface area contributed by atoms with Crippen LogP contribution in [0.25, 0.3) is 0 Å². The molecular formula is C111H133ClN9O22S3Y-. The van der Waals surface area contributed by atoms with Gasteiger partial charge in [0.1, 0.15) is 75.9 Å². The van der Waals surface area contributed by atoms with Gasteiger partial charge in [0.15, 0.2) is 58.4 Å². The molecule has 147 heavy (non-hydrogen) atoms. The van der Waals surface area contributed by atoms with Gasteiger partial charge in [-0.2, -0.15) is 0 Å². The van der Waals surface area contributed by atoms with Crippen LogP contribution in [0.5, 0.6) is 69.5 Å². The summed E-state index contributed by atoms with van der Waals surface area (Å²) < 4.78 is 104. The van der Waals surface area contributed by atoms with Gasteiger partial charge in [-0.3, -0.25) is 48.3 Å². The van der Waals surface area contributed by atoms with Crippen molar-refractivity contribution in [1.29, 1.82) is 0 Å². The van der Waals surface area contributed by atoms with Crippen molar-refractivity contribution in [2.24, 2.45) is 47.3 Å². The fraction of sp³-hybridized carbons (Fsp3) is 0.405. The molecule has 0 spiro atoms. The van der Waals surface area contributed by atoms with Crippen molar-refractivity contribution in [3.63, 3.8) is 0 Å². The molecular weight excluding hydrogens is 2030 g/mol. The summed E-state index contributed by atoms with van der Waals surface area (Å²) >= 11 is 5.92. The minimum atomic E-state index is -3.30.